The highest BCUT2D eigenvalue weighted by molar-refractivity contribution is 9.09. The van der Waals surface area contributed by atoms with Gasteiger partial charge in [0.25, 0.3) is 0 Å². The van der Waals surface area contributed by atoms with Crippen molar-refractivity contribution < 1.29 is 4.79 Å². The van der Waals surface area contributed by atoms with Gasteiger partial charge in [-0.1, -0.05) is 41.1 Å². The SMILES string of the molecule is C=C.CC/C=C(\C=C/CBr)C(C)=O. The van der Waals surface area contributed by atoms with Crippen molar-refractivity contribution in [2.24, 2.45) is 0 Å². The molecule has 0 heterocycles. The van der Waals surface area contributed by atoms with E-state index in [2.05, 4.69) is 29.1 Å². The van der Waals surface area contributed by atoms with E-state index in [1.807, 2.05) is 25.2 Å². The predicted molar refractivity (Wildman–Crippen MR) is 63.2 cm³/mol. The molecule has 0 bridgehead atoms. The number of alkyl halides is 1. The van der Waals surface area contributed by atoms with Crippen LogP contribution in [0.5, 0.6) is 0 Å². The van der Waals surface area contributed by atoms with Crippen LogP contribution in [0.3, 0.4) is 0 Å². The Morgan fingerprint density at radius 3 is 2.31 bits per heavy atom. The van der Waals surface area contributed by atoms with Crippen LogP contribution in [0.4, 0.5) is 0 Å². The molecule has 0 aliphatic rings. The molecule has 0 aromatic heterocycles. The van der Waals surface area contributed by atoms with Crippen LogP contribution in [-0.2, 0) is 4.79 Å². The van der Waals surface area contributed by atoms with Crippen LogP contribution in [0.15, 0.2) is 37.0 Å². The lowest BCUT2D eigenvalue weighted by molar-refractivity contribution is -0.113. The zero-order valence-electron chi connectivity index (χ0n) is 8.35. The van der Waals surface area contributed by atoms with Gasteiger partial charge in [-0.2, -0.15) is 0 Å². The third kappa shape index (κ3) is 9.28. The molecule has 0 amide bonds. The van der Waals surface area contributed by atoms with E-state index in [1.54, 1.807) is 6.92 Å². The largest absolute Gasteiger partial charge is 0.295 e. The Kier molecular flexibility index (Phi) is 13.0. The number of rotatable bonds is 4. The fourth-order valence-electron chi connectivity index (χ4n) is 0.721. The number of ketones is 1. The topological polar surface area (TPSA) is 17.1 Å². The Bertz CT molecular complexity index is 192. The average Bonchev–Trinajstić information content (AvgIpc) is 2.15. The monoisotopic (exact) mass is 244 g/mol. The van der Waals surface area contributed by atoms with Crippen LogP contribution in [0, 0.1) is 0 Å². The van der Waals surface area contributed by atoms with E-state index < -0.39 is 0 Å². The molecule has 0 saturated heterocycles. The second kappa shape index (κ2) is 11.4. The smallest absolute Gasteiger partial charge is 0.159 e. The highest BCUT2D eigenvalue weighted by Crippen LogP contribution is 2.01. The fraction of sp³-hybridized carbons (Fsp3) is 0.364. The van der Waals surface area contributed by atoms with E-state index in [0.717, 1.165) is 17.3 Å². The van der Waals surface area contributed by atoms with Crippen LogP contribution in [0.2, 0.25) is 0 Å². The standard InChI is InChI=1S/C9H13BrO.C2H4/c1-3-5-9(8(2)11)6-4-7-10;1-2/h4-6H,3,7H2,1-2H3;1-2H2/b6-4-,9-5+;. The zero-order valence-corrected chi connectivity index (χ0v) is 9.93. The van der Waals surface area contributed by atoms with Gasteiger partial charge < -0.3 is 0 Å². The number of halogens is 1. The highest BCUT2D eigenvalue weighted by Gasteiger charge is 1.95. The van der Waals surface area contributed by atoms with Crippen molar-refractivity contribution in [3.05, 3.63) is 37.0 Å². The maximum atomic E-state index is 10.9. The Morgan fingerprint density at radius 2 is 2.00 bits per heavy atom. The molecule has 0 saturated carbocycles. The van der Waals surface area contributed by atoms with Crippen LogP contribution >= 0.6 is 15.9 Å². The third-order valence-corrected chi connectivity index (χ3v) is 1.59. The van der Waals surface area contributed by atoms with E-state index in [0.29, 0.717) is 0 Å². The van der Waals surface area contributed by atoms with E-state index >= 15 is 0 Å². The Morgan fingerprint density at radius 1 is 1.46 bits per heavy atom. The minimum atomic E-state index is 0.129. The molecule has 0 aliphatic carbocycles. The van der Waals surface area contributed by atoms with Gasteiger partial charge in [0, 0.05) is 10.9 Å². The molecular formula is C11H17BrO. The molecule has 74 valence electrons. The van der Waals surface area contributed by atoms with Gasteiger partial charge in [-0.3, -0.25) is 4.79 Å². The molecule has 2 heteroatoms. The summed E-state index contributed by atoms with van der Waals surface area (Å²) in [5.41, 5.74) is 0.798. The molecule has 13 heavy (non-hydrogen) atoms. The second-order valence-corrected chi connectivity index (χ2v) is 2.83. The molecule has 0 unspecified atom stereocenters. The van der Waals surface area contributed by atoms with Crippen molar-refractivity contribution in [3.63, 3.8) is 0 Å². The first-order valence-corrected chi connectivity index (χ1v) is 5.28. The third-order valence-electron chi connectivity index (χ3n) is 1.22. The summed E-state index contributed by atoms with van der Waals surface area (Å²) >= 11 is 3.25. The Labute approximate surface area is 89.4 Å². The van der Waals surface area contributed by atoms with E-state index in [9.17, 15) is 4.79 Å². The number of Topliss-reactive ketones (excluding diaryl/α,β-unsaturated/α-hetero) is 1. The van der Waals surface area contributed by atoms with Crippen LogP contribution in [0.25, 0.3) is 0 Å². The fourth-order valence-corrected chi connectivity index (χ4v) is 0.907. The lowest BCUT2D eigenvalue weighted by atomic mass is 10.1. The molecule has 0 rings (SSSR count). The first-order chi connectivity index (χ1) is 6.22. The van der Waals surface area contributed by atoms with Crippen molar-refractivity contribution in [3.8, 4) is 0 Å². The summed E-state index contributed by atoms with van der Waals surface area (Å²) < 4.78 is 0. The average molecular weight is 245 g/mol. The van der Waals surface area contributed by atoms with Crippen molar-refractivity contribution in [1.82, 2.24) is 0 Å². The summed E-state index contributed by atoms with van der Waals surface area (Å²) in [4.78, 5) is 10.9. The lowest BCUT2D eigenvalue weighted by Gasteiger charge is -1.93. The van der Waals surface area contributed by atoms with Gasteiger partial charge in [0.15, 0.2) is 5.78 Å². The van der Waals surface area contributed by atoms with Crippen LogP contribution in [-0.4, -0.2) is 11.1 Å². The van der Waals surface area contributed by atoms with Gasteiger partial charge in [-0.15, -0.1) is 13.2 Å². The molecule has 1 nitrogen and oxygen atoms in total. The second-order valence-electron chi connectivity index (χ2n) is 2.18. The Balaban J connectivity index is 0. The molecule has 0 atom stereocenters. The molecule has 0 aliphatic heterocycles. The minimum absolute atomic E-state index is 0.129. The maximum Gasteiger partial charge on any atom is 0.159 e. The van der Waals surface area contributed by atoms with Gasteiger partial charge in [0.2, 0.25) is 0 Å². The quantitative estimate of drug-likeness (QED) is 0.319. The summed E-state index contributed by atoms with van der Waals surface area (Å²) in [6.45, 7) is 9.60. The molecule has 0 aromatic rings. The number of carbonyl (C=O) groups excluding carboxylic acids is 1. The summed E-state index contributed by atoms with van der Waals surface area (Å²) in [6, 6.07) is 0. The van der Waals surface area contributed by atoms with Gasteiger partial charge in [-0.05, 0) is 13.3 Å². The van der Waals surface area contributed by atoms with Crippen molar-refractivity contribution in [2.45, 2.75) is 20.3 Å². The van der Waals surface area contributed by atoms with E-state index in [4.69, 9.17) is 0 Å². The van der Waals surface area contributed by atoms with Crippen LogP contribution in [0.1, 0.15) is 20.3 Å². The minimum Gasteiger partial charge on any atom is -0.295 e. The zero-order chi connectivity index (χ0) is 10.7. The van der Waals surface area contributed by atoms with Crippen LogP contribution < -0.4 is 0 Å². The molecule has 0 radical (unpaired) electrons. The van der Waals surface area contributed by atoms with Gasteiger partial charge in [0.05, 0.1) is 0 Å². The summed E-state index contributed by atoms with van der Waals surface area (Å²) in [5, 5.41) is 0.793. The van der Waals surface area contributed by atoms with Gasteiger partial charge >= 0.3 is 0 Å². The van der Waals surface area contributed by atoms with E-state index in [1.165, 1.54) is 0 Å². The Hall–Kier alpha value is -0.630. The first kappa shape index (κ1) is 14.9. The van der Waals surface area contributed by atoms with Gasteiger partial charge in [-0.25, -0.2) is 0 Å². The van der Waals surface area contributed by atoms with Crippen molar-refractivity contribution in [1.29, 1.82) is 0 Å². The highest BCUT2D eigenvalue weighted by atomic mass is 79.9. The molecule has 0 spiro atoms. The molecule has 0 fully saturated rings. The molecular weight excluding hydrogens is 228 g/mol. The lowest BCUT2D eigenvalue weighted by Crippen LogP contribution is -1.92. The first-order valence-electron chi connectivity index (χ1n) is 4.16. The predicted octanol–water partition coefficient (Wildman–Crippen LogP) is 3.67. The van der Waals surface area contributed by atoms with Gasteiger partial charge in [0.1, 0.15) is 0 Å². The normalized spacial score (nSPS) is 10.8. The molecule has 0 aromatic carbocycles. The van der Waals surface area contributed by atoms with Crippen molar-refractivity contribution >= 4 is 21.7 Å². The maximum absolute atomic E-state index is 10.9. The number of hydrogen-bond acceptors (Lipinski definition) is 1. The molecule has 0 N–H and O–H groups in total. The summed E-state index contributed by atoms with van der Waals surface area (Å²) in [6.07, 6.45) is 6.60. The number of carbonyl (C=O) groups is 1. The van der Waals surface area contributed by atoms with Crippen molar-refractivity contribution in [2.75, 3.05) is 5.33 Å². The number of hydrogen-bond donors (Lipinski definition) is 0. The summed E-state index contributed by atoms with van der Waals surface area (Å²) in [5.74, 6) is 0.129. The van der Waals surface area contributed by atoms with E-state index in [-0.39, 0.29) is 5.78 Å². The summed E-state index contributed by atoms with van der Waals surface area (Å²) in [7, 11) is 0. The number of allylic oxidation sites excluding steroid dienone is 4.